The Kier molecular flexibility index (Phi) is 4.98. The summed E-state index contributed by atoms with van der Waals surface area (Å²) in [6.45, 7) is 0.561. The lowest BCUT2D eigenvalue weighted by Gasteiger charge is -2.42. The Bertz CT molecular complexity index is 1190. The van der Waals surface area contributed by atoms with E-state index >= 15 is 0 Å². The van der Waals surface area contributed by atoms with Crippen LogP contribution in [0.25, 0.3) is 11.0 Å². The molecule has 0 unspecified atom stereocenters. The second kappa shape index (κ2) is 7.49. The fraction of sp³-hybridized carbons (Fsp3) is 0.278. The van der Waals surface area contributed by atoms with Gasteiger partial charge in [-0.15, -0.1) is 0 Å². The second-order valence-electron chi connectivity index (χ2n) is 6.85. The highest BCUT2D eigenvalue weighted by Gasteiger charge is 2.40. The normalized spacial score (nSPS) is 15.7. The molecule has 4 rings (SSSR count). The lowest BCUT2D eigenvalue weighted by atomic mass is 9.80. The third-order valence-corrected chi connectivity index (χ3v) is 5.74. The Balaban J connectivity index is 1.66. The molecule has 1 saturated heterocycles. The van der Waals surface area contributed by atoms with Gasteiger partial charge in [-0.05, 0) is 34.8 Å². The predicted molar refractivity (Wildman–Crippen MR) is 105 cm³/mol. The van der Waals surface area contributed by atoms with Crippen LogP contribution in [0.4, 0.5) is 19.5 Å². The zero-order valence-corrected chi connectivity index (χ0v) is 16.9. The summed E-state index contributed by atoms with van der Waals surface area (Å²) in [5.74, 6) is -1.28. The van der Waals surface area contributed by atoms with Crippen LogP contribution >= 0.6 is 15.9 Å². The average Bonchev–Trinajstić information content (AvgIpc) is 3.08. The van der Waals surface area contributed by atoms with Gasteiger partial charge in [-0.1, -0.05) is 6.07 Å². The third kappa shape index (κ3) is 3.41. The molecule has 0 saturated carbocycles. The Morgan fingerprint density at radius 2 is 2.07 bits per heavy atom. The molecule has 1 amide bonds. The molecule has 9 nitrogen and oxygen atoms in total. The van der Waals surface area contributed by atoms with Gasteiger partial charge < -0.3 is 15.3 Å². The second-order valence-corrected chi connectivity index (χ2v) is 7.60. The molecule has 2 aromatic heterocycles. The van der Waals surface area contributed by atoms with Crippen molar-refractivity contribution < 1.29 is 18.7 Å². The van der Waals surface area contributed by atoms with E-state index in [2.05, 4.69) is 41.4 Å². The standard InChI is InChI=1S/C18H14BrF2N7O2/c19-14-13-12(8-22)23-16(24-15(13)27-26-14)28-5-3-18(4-6-28,25-17(29)30)10-2-1-9(20)7-11(10)21/h1-2,7,25H,3-6H2,(H,29,30)(H,23,24,26,27). The van der Waals surface area contributed by atoms with Crippen molar-refractivity contribution in [3.05, 3.63) is 45.7 Å². The number of H-pyrrole nitrogens is 1. The fourth-order valence-corrected chi connectivity index (χ4v) is 4.20. The summed E-state index contributed by atoms with van der Waals surface area (Å²) < 4.78 is 28.2. The minimum atomic E-state index is -1.31. The first-order valence-electron chi connectivity index (χ1n) is 8.86. The molecule has 0 spiro atoms. The van der Waals surface area contributed by atoms with Gasteiger partial charge >= 0.3 is 6.09 Å². The van der Waals surface area contributed by atoms with Crippen molar-refractivity contribution in [2.75, 3.05) is 18.0 Å². The molecule has 0 aliphatic carbocycles. The zero-order chi connectivity index (χ0) is 21.5. The molecule has 1 aliphatic heterocycles. The van der Waals surface area contributed by atoms with Crippen molar-refractivity contribution in [3.8, 4) is 6.07 Å². The van der Waals surface area contributed by atoms with Crippen molar-refractivity contribution in [1.82, 2.24) is 25.5 Å². The van der Waals surface area contributed by atoms with Crippen molar-refractivity contribution in [1.29, 1.82) is 5.26 Å². The minimum absolute atomic E-state index is 0.0810. The van der Waals surface area contributed by atoms with Crippen molar-refractivity contribution >= 4 is 39.0 Å². The van der Waals surface area contributed by atoms with Gasteiger partial charge in [-0.3, -0.25) is 5.10 Å². The summed E-state index contributed by atoms with van der Waals surface area (Å²) in [5, 5.41) is 28.3. The molecular formula is C18H14BrF2N7O2. The number of carbonyl (C=O) groups is 1. The van der Waals surface area contributed by atoms with E-state index in [-0.39, 0.29) is 43.1 Å². The summed E-state index contributed by atoms with van der Waals surface area (Å²) in [7, 11) is 0. The van der Waals surface area contributed by atoms with E-state index in [9.17, 15) is 23.9 Å². The summed E-state index contributed by atoms with van der Waals surface area (Å²) >= 11 is 3.24. The quantitative estimate of drug-likeness (QED) is 0.528. The number of fused-ring (bicyclic) bond motifs is 1. The van der Waals surface area contributed by atoms with Crippen molar-refractivity contribution in [3.63, 3.8) is 0 Å². The van der Waals surface area contributed by atoms with Crippen LogP contribution in [0.2, 0.25) is 0 Å². The van der Waals surface area contributed by atoms with Crippen LogP contribution in [0.15, 0.2) is 22.8 Å². The first-order valence-corrected chi connectivity index (χ1v) is 9.65. The largest absolute Gasteiger partial charge is 0.465 e. The number of nitrogens with zero attached hydrogens (tertiary/aromatic N) is 5. The zero-order valence-electron chi connectivity index (χ0n) is 15.3. The molecule has 154 valence electrons. The van der Waals surface area contributed by atoms with E-state index in [1.807, 2.05) is 6.07 Å². The van der Waals surface area contributed by atoms with E-state index in [1.54, 1.807) is 4.90 Å². The fourth-order valence-electron chi connectivity index (χ4n) is 3.74. The highest BCUT2D eigenvalue weighted by molar-refractivity contribution is 9.10. The van der Waals surface area contributed by atoms with Gasteiger partial charge in [0.05, 0.1) is 10.9 Å². The summed E-state index contributed by atoms with van der Waals surface area (Å²) in [6.07, 6.45) is -0.922. The molecule has 1 aromatic carbocycles. The molecule has 3 N–H and O–H groups in total. The number of nitriles is 1. The number of piperidine rings is 1. The summed E-state index contributed by atoms with van der Waals surface area (Å²) in [5.41, 5.74) is -0.619. The molecule has 1 aliphatic rings. The van der Waals surface area contributed by atoms with Crippen LogP contribution in [0, 0.1) is 23.0 Å². The molecule has 3 heterocycles. The van der Waals surface area contributed by atoms with Crippen LogP contribution < -0.4 is 10.2 Å². The third-order valence-electron chi connectivity index (χ3n) is 5.16. The molecule has 30 heavy (non-hydrogen) atoms. The highest BCUT2D eigenvalue weighted by Crippen LogP contribution is 2.36. The molecule has 0 atom stereocenters. The SMILES string of the molecule is N#Cc1nc(N2CCC(NC(=O)O)(c3ccc(F)cc3F)CC2)nc2[nH]nc(Br)c12. The number of hydrogen-bond donors (Lipinski definition) is 3. The number of aromatic amines is 1. The van der Waals surface area contributed by atoms with Gasteiger partial charge in [0.25, 0.3) is 0 Å². The maximum Gasteiger partial charge on any atom is 0.405 e. The maximum atomic E-state index is 14.5. The van der Waals surface area contributed by atoms with E-state index in [4.69, 9.17) is 0 Å². The van der Waals surface area contributed by atoms with Gasteiger partial charge in [0.2, 0.25) is 5.95 Å². The van der Waals surface area contributed by atoms with Crippen LogP contribution in [0.5, 0.6) is 0 Å². The summed E-state index contributed by atoms with van der Waals surface area (Å²) in [6, 6.07) is 5.11. The minimum Gasteiger partial charge on any atom is -0.465 e. The number of halogens is 3. The molecule has 12 heteroatoms. The van der Waals surface area contributed by atoms with Gasteiger partial charge in [-0.25, -0.2) is 18.6 Å². The number of aromatic nitrogens is 4. The monoisotopic (exact) mass is 477 g/mol. The number of hydrogen-bond acceptors (Lipinski definition) is 6. The summed E-state index contributed by atoms with van der Waals surface area (Å²) in [4.78, 5) is 21.9. The lowest BCUT2D eigenvalue weighted by molar-refractivity contribution is 0.166. The van der Waals surface area contributed by atoms with E-state index in [1.165, 1.54) is 6.07 Å². The maximum absolute atomic E-state index is 14.5. The number of anilines is 1. The smallest absolute Gasteiger partial charge is 0.405 e. The Hall–Kier alpha value is -3.33. The number of amides is 1. The Morgan fingerprint density at radius 3 is 2.70 bits per heavy atom. The average molecular weight is 478 g/mol. The van der Waals surface area contributed by atoms with Crippen LogP contribution in [-0.4, -0.2) is 44.5 Å². The Labute approximate surface area is 176 Å². The molecule has 0 bridgehead atoms. The van der Waals surface area contributed by atoms with Gasteiger partial charge in [-0.2, -0.15) is 15.3 Å². The van der Waals surface area contributed by atoms with E-state index in [0.29, 0.717) is 15.6 Å². The van der Waals surface area contributed by atoms with E-state index < -0.39 is 23.3 Å². The molecule has 3 aromatic rings. The molecule has 0 radical (unpaired) electrons. The van der Waals surface area contributed by atoms with E-state index in [0.717, 1.165) is 12.1 Å². The number of nitrogens with one attached hydrogen (secondary N) is 2. The number of benzene rings is 1. The van der Waals surface area contributed by atoms with Crippen LogP contribution in [0.1, 0.15) is 24.1 Å². The van der Waals surface area contributed by atoms with Gasteiger partial charge in [0.1, 0.15) is 22.3 Å². The first kappa shape index (κ1) is 20.0. The topological polar surface area (TPSA) is 131 Å². The van der Waals surface area contributed by atoms with Gasteiger partial charge in [0, 0.05) is 24.7 Å². The lowest BCUT2D eigenvalue weighted by Crippen LogP contribution is -2.53. The van der Waals surface area contributed by atoms with Crippen molar-refractivity contribution in [2.45, 2.75) is 18.4 Å². The number of rotatable bonds is 3. The van der Waals surface area contributed by atoms with Crippen LogP contribution in [-0.2, 0) is 5.54 Å². The van der Waals surface area contributed by atoms with Crippen LogP contribution in [0.3, 0.4) is 0 Å². The van der Waals surface area contributed by atoms with Crippen molar-refractivity contribution in [2.24, 2.45) is 0 Å². The Morgan fingerprint density at radius 1 is 1.33 bits per heavy atom. The predicted octanol–water partition coefficient (Wildman–Crippen LogP) is 3.03. The van der Waals surface area contributed by atoms with Gasteiger partial charge in [0.15, 0.2) is 11.3 Å². The number of carboxylic acid groups (broad SMARTS) is 1. The highest BCUT2D eigenvalue weighted by atomic mass is 79.9. The molecular weight excluding hydrogens is 464 g/mol. The first-order chi connectivity index (χ1) is 14.3. The molecule has 1 fully saturated rings.